The van der Waals surface area contributed by atoms with Crippen molar-refractivity contribution in [3.05, 3.63) is 16.4 Å². The van der Waals surface area contributed by atoms with E-state index in [4.69, 9.17) is 11.6 Å². The van der Waals surface area contributed by atoms with Gasteiger partial charge in [-0.05, 0) is 26.2 Å². The smallest absolute Gasteiger partial charge is 0.236 e. The maximum Gasteiger partial charge on any atom is 0.236 e. The van der Waals surface area contributed by atoms with Gasteiger partial charge in [0.2, 0.25) is 5.91 Å². The molecule has 2 rings (SSSR count). The number of halogens is 1. The molecule has 1 saturated heterocycles. The van der Waals surface area contributed by atoms with Gasteiger partial charge >= 0.3 is 0 Å². The summed E-state index contributed by atoms with van der Waals surface area (Å²) in [7, 11) is 1.86. The normalized spacial score (nSPS) is 15.8. The van der Waals surface area contributed by atoms with E-state index >= 15 is 0 Å². The highest BCUT2D eigenvalue weighted by atomic mass is 35.5. The molecular formula is C13H21ClN4O. The van der Waals surface area contributed by atoms with Crippen molar-refractivity contribution in [3.63, 3.8) is 0 Å². The van der Waals surface area contributed by atoms with E-state index in [0.29, 0.717) is 18.1 Å². The SMILES string of the molecule is Cc1nn(C)c(CNCC(=O)N2CCCCC2)c1Cl. The average molecular weight is 285 g/mol. The molecule has 1 aromatic rings. The molecule has 0 saturated carbocycles. The van der Waals surface area contributed by atoms with Gasteiger partial charge in [0, 0.05) is 26.7 Å². The summed E-state index contributed by atoms with van der Waals surface area (Å²) in [4.78, 5) is 13.9. The molecule has 2 heterocycles. The van der Waals surface area contributed by atoms with Crippen LogP contribution >= 0.6 is 11.6 Å². The summed E-state index contributed by atoms with van der Waals surface area (Å²) in [6.07, 6.45) is 3.48. The molecule has 0 unspecified atom stereocenters. The fraction of sp³-hybridized carbons (Fsp3) is 0.692. The highest BCUT2D eigenvalue weighted by Gasteiger charge is 2.16. The van der Waals surface area contributed by atoms with Crippen molar-refractivity contribution in [2.24, 2.45) is 7.05 Å². The number of amides is 1. The van der Waals surface area contributed by atoms with Crippen LogP contribution in [-0.4, -0.2) is 40.2 Å². The zero-order valence-corrected chi connectivity index (χ0v) is 12.3. The Bertz CT molecular complexity index is 452. The fourth-order valence-corrected chi connectivity index (χ4v) is 2.64. The first-order valence-corrected chi connectivity index (χ1v) is 7.14. The molecule has 19 heavy (non-hydrogen) atoms. The van der Waals surface area contributed by atoms with Gasteiger partial charge in [-0.2, -0.15) is 5.10 Å². The predicted molar refractivity (Wildman–Crippen MR) is 75.1 cm³/mol. The van der Waals surface area contributed by atoms with Crippen LogP contribution in [0.2, 0.25) is 5.02 Å². The summed E-state index contributed by atoms with van der Waals surface area (Å²) in [5.74, 6) is 0.176. The van der Waals surface area contributed by atoms with E-state index in [1.807, 2.05) is 18.9 Å². The molecule has 5 nitrogen and oxygen atoms in total. The van der Waals surface area contributed by atoms with E-state index in [9.17, 15) is 4.79 Å². The molecule has 1 N–H and O–H groups in total. The Labute approximate surface area is 118 Å². The van der Waals surface area contributed by atoms with Crippen molar-refractivity contribution in [3.8, 4) is 0 Å². The lowest BCUT2D eigenvalue weighted by Crippen LogP contribution is -2.41. The number of nitrogens with one attached hydrogen (secondary N) is 1. The predicted octanol–water partition coefficient (Wildman–Crippen LogP) is 1.48. The number of aromatic nitrogens is 2. The summed E-state index contributed by atoms with van der Waals surface area (Å²) in [6.45, 7) is 4.60. The second-order valence-electron chi connectivity index (χ2n) is 5.01. The third kappa shape index (κ3) is 3.48. The number of rotatable bonds is 4. The molecule has 6 heteroatoms. The number of nitrogens with zero attached hydrogens (tertiary/aromatic N) is 3. The van der Waals surface area contributed by atoms with Crippen LogP contribution < -0.4 is 5.32 Å². The molecule has 0 aromatic carbocycles. The number of hydrogen-bond donors (Lipinski definition) is 1. The molecule has 1 amide bonds. The van der Waals surface area contributed by atoms with Gasteiger partial charge in [-0.1, -0.05) is 11.6 Å². The van der Waals surface area contributed by atoms with Crippen LogP contribution in [0.25, 0.3) is 0 Å². The van der Waals surface area contributed by atoms with Crippen LogP contribution in [0.3, 0.4) is 0 Å². The monoisotopic (exact) mass is 284 g/mol. The quantitative estimate of drug-likeness (QED) is 0.911. The number of piperidine rings is 1. The van der Waals surface area contributed by atoms with Crippen LogP contribution in [-0.2, 0) is 18.4 Å². The number of hydrogen-bond acceptors (Lipinski definition) is 3. The summed E-state index contributed by atoms with van der Waals surface area (Å²) in [6, 6.07) is 0. The Morgan fingerprint density at radius 2 is 2.05 bits per heavy atom. The Morgan fingerprint density at radius 3 is 2.63 bits per heavy atom. The first-order valence-electron chi connectivity index (χ1n) is 6.76. The number of carbonyl (C=O) groups excluding carboxylic acids is 1. The first kappa shape index (κ1) is 14.3. The van der Waals surface area contributed by atoms with Gasteiger partial charge in [-0.3, -0.25) is 9.48 Å². The van der Waals surface area contributed by atoms with E-state index in [-0.39, 0.29) is 5.91 Å². The zero-order valence-electron chi connectivity index (χ0n) is 11.6. The summed E-state index contributed by atoms with van der Waals surface area (Å²) in [5.41, 5.74) is 1.74. The third-order valence-corrected chi connectivity index (χ3v) is 4.03. The molecule has 0 aliphatic carbocycles. The van der Waals surface area contributed by atoms with Gasteiger partial charge in [0.15, 0.2) is 0 Å². The van der Waals surface area contributed by atoms with E-state index < -0.39 is 0 Å². The van der Waals surface area contributed by atoms with Crippen LogP contribution in [0, 0.1) is 6.92 Å². The average Bonchev–Trinajstić information content (AvgIpc) is 2.66. The number of carbonyl (C=O) groups is 1. The molecule has 0 spiro atoms. The second-order valence-corrected chi connectivity index (χ2v) is 5.39. The molecule has 106 valence electrons. The lowest BCUT2D eigenvalue weighted by Gasteiger charge is -2.26. The van der Waals surface area contributed by atoms with Crippen molar-refractivity contribution in [2.75, 3.05) is 19.6 Å². The zero-order chi connectivity index (χ0) is 13.8. The third-order valence-electron chi connectivity index (χ3n) is 3.54. The van der Waals surface area contributed by atoms with Crippen molar-refractivity contribution in [2.45, 2.75) is 32.7 Å². The van der Waals surface area contributed by atoms with E-state index in [1.165, 1.54) is 6.42 Å². The van der Waals surface area contributed by atoms with Crippen LogP contribution in [0.1, 0.15) is 30.7 Å². The highest BCUT2D eigenvalue weighted by Crippen LogP contribution is 2.18. The van der Waals surface area contributed by atoms with Crippen molar-refractivity contribution < 1.29 is 4.79 Å². The molecular weight excluding hydrogens is 264 g/mol. The fourth-order valence-electron chi connectivity index (χ4n) is 2.42. The van der Waals surface area contributed by atoms with Crippen molar-refractivity contribution >= 4 is 17.5 Å². The molecule has 0 atom stereocenters. The van der Waals surface area contributed by atoms with Gasteiger partial charge < -0.3 is 10.2 Å². The summed E-state index contributed by atoms with van der Waals surface area (Å²) < 4.78 is 1.76. The van der Waals surface area contributed by atoms with Crippen LogP contribution in [0.15, 0.2) is 0 Å². The molecule has 0 bridgehead atoms. The molecule has 1 fully saturated rings. The minimum absolute atomic E-state index is 0.176. The number of likely N-dealkylation sites (tertiary alicyclic amines) is 1. The Kier molecular flexibility index (Phi) is 4.82. The highest BCUT2D eigenvalue weighted by molar-refractivity contribution is 6.31. The molecule has 1 aliphatic rings. The Balaban J connectivity index is 1.81. The Hall–Kier alpha value is -1.07. The van der Waals surface area contributed by atoms with Gasteiger partial charge in [0.1, 0.15) is 0 Å². The molecule has 0 radical (unpaired) electrons. The van der Waals surface area contributed by atoms with Gasteiger partial charge in [-0.25, -0.2) is 0 Å². The van der Waals surface area contributed by atoms with Gasteiger partial charge in [-0.15, -0.1) is 0 Å². The number of aryl methyl sites for hydroxylation is 2. The van der Waals surface area contributed by atoms with Crippen molar-refractivity contribution in [1.82, 2.24) is 20.0 Å². The van der Waals surface area contributed by atoms with Crippen molar-refractivity contribution in [1.29, 1.82) is 0 Å². The molecule has 1 aromatic heterocycles. The lowest BCUT2D eigenvalue weighted by atomic mass is 10.1. The van der Waals surface area contributed by atoms with E-state index in [0.717, 1.165) is 37.3 Å². The minimum Gasteiger partial charge on any atom is -0.342 e. The second kappa shape index (κ2) is 6.39. The van der Waals surface area contributed by atoms with E-state index in [1.54, 1.807) is 4.68 Å². The van der Waals surface area contributed by atoms with E-state index in [2.05, 4.69) is 10.4 Å². The Morgan fingerprint density at radius 1 is 1.37 bits per heavy atom. The topological polar surface area (TPSA) is 50.2 Å². The minimum atomic E-state index is 0.176. The largest absolute Gasteiger partial charge is 0.342 e. The molecule has 1 aliphatic heterocycles. The van der Waals surface area contributed by atoms with Gasteiger partial charge in [0.05, 0.1) is 23.0 Å². The summed E-state index contributed by atoms with van der Waals surface area (Å²) in [5, 5.41) is 8.09. The summed E-state index contributed by atoms with van der Waals surface area (Å²) >= 11 is 6.16. The van der Waals surface area contributed by atoms with Gasteiger partial charge in [0.25, 0.3) is 0 Å². The van der Waals surface area contributed by atoms with Crippen LogP contribution in [0.5, 0.6) is 0 Å². The standard InChI is InChI=1S/C13H21ClN4O/c1-10-13(14)11(17(2)16-10)8-15-9-12(19)18-6-4-3-5-7-18/h15H,3-9H2,1-2H3. The van der Waals surface area contributed by atoms with Crippen LogP contribution in [0.4, 0.5) is 0 Å². The lowest BCUT2D eigenvalue weighted by molar-refractivity contribution is -0.131. The first-order chi connectivity index (χ1) is 9.09. The maximum absolute atomic E-state index is 12.0. The maximum atomic E-state index is 12.0.